The number of amides is 1. The summed E-state index contributed by atoms with van der Waals surface area (Å²) in [4.78, 5) is 12.4. The highest BCUT2D eigenvalue weighted by atomic mass is 16.2. The van der Waals surface area contributed by atoms with Gasteiger partial charge >= 0.3 is 0 Å². The normalized spacial score (nSPS) is 12.4. The average molecular weight is 272 g/mol. The topological polar surface area (TPSA) is 59.8 Å². The molecule has 0 saturated carbocycles. The zero-order chi connectivity index (χ0) is 14.5. The molecular weight excluding hydrogens is 252 g/mol. The van der Waals surface area contributed by atoms with Gasteiger partial charge in [-0.2, -0.15) is 0 Å². The molecule has 5 nitrogen and oxygen atoms in total. The number of hydrogen-bond acceptors (Lipinski definition) is 3. The van der Waals surface area contributed by atoms with E-state index in [4.69, 9.17) is 0 Å². The highest BCUT2D eigenvalue weighted by molar-refractivity contribution is 5.91. The van der Waals surface area contributed by atoms with Crippen LogP contribution in [0.4, 0.5) is 5.95 Å². The number of aryl methyl sites for hydroxylation is 1. The van der Waals surface area contributed by atoms with Gasteiger partial charge in [-0.25, -0.2) is 0 Å². The van der Waals surface area contributed by atoms with Crippen LogP contribution in [-0.4, -0.2) is 20.7 Å². The van der Waals surface area contributed by atoms with Gasteiger partial charge in [-0.15, -0.1) is 10.2 Å². The van der Waals surface area contributed by atoms with Gasteiger partial charge in [-0.1, -0.05) is 44.2 Å². The van der Waals surface area contributed by atoms with Crippen molar-refractivity contribution >= 4 is 11.9 Å². The number of aromatic nitrogens is 3. The van der Waals surface area contributed by atoms with Crippen molar-refractivity contribution in [2.75, 3.05) is 5.32 Å². The molecule has 0 bridgehead atoms. The lowest BCUT2D eigenvalue weighted by molar-refractivity contribution is -0.121. The van der Waals surface area contributed by atoms with Crippen molar-refractivity contribution < 1.29 is 4.79 Å². The number of benzene rings is 1. The highest BCUT2D eigenvalue weighted by Gasteiger charge is 2.23. The van der Waals surface area contributed by atoms with Crippen LogP contribution in [0.2, 0.25) is 0 Å². The Morgan fingerprint density at radius 3 is 2.55 bits per heavy atom. The van der Waals surface area contributed by atoms with E-state index in [0.717, 1.165) is 6.42 Å². The molecule has 5 heteroatoms. The predicted molar refractivity (Wildman–Crippen MR) is 78.1 cm³/mol. The molecular formula is C15H20N4O. The Hall–Kier alpha value is -2.17. The molecule has 1 heterocycles. The first-order valence-electron chi connectivity index (χ1n) is 6.76. The standard InChI is InChI=1S/C15H20N4O/c1-11(2)13(9-12-7-5-4-6-8-12)14(20)17-15-18-16-10-19(15)3/h4-8,10-11,13H,9H2,1-3H3,(H,17,18,20). The highest BCUT2D eigenvalue weighted by Crippen LogP contribution is 2.19. The molecule has 106 valence electrons. The summed E-state index contributed by atoms with van der Waals surface area (Å²) in [6.45, 7) is 4.12. The third-order valence-electron chi connectivity index (χ3n) is 3.39. The molecule has 0 fully saturated rings. The van der Waals surface area contributed by atoms with Crippen LogP contribution in [0.5, 0.6) is 0 Å². The second-order valence-corrected chi connectivity index (χ2v) is 5.29. The molecule has 1 atom stereocenters. The van der Waals surface area contributed by atoms with Crippen LogP contribution in [0, 0.1) is 11.8 Å². The Bertz CT molecular complexity index is 562. The van der Waals surface area contributed by atoms with E-state index in [1.54, 1.807) is 17.9 Å². The molecule has 0 radical (unpaired) electrons. The number of carbonyl (C=O) groups excluding carboxylic acids is 1. The van der Waals surface area contributed by atoms with Gasteiger partial charge in [-0.05, 0) is 17.9 Å². The Labute approximate surface area is 119 Å². The van der Waals surface area contributed by atoms with Gasteiger partial charge in [0.15, 0.2) is 0 Å². The molecule has 1 unspecified atom stereocenters. The first-order valence-corrected chi connectivity index (χ1v) is 6.76. The number of nitrogens with zero attached hydrogens (tertiary/aromatic N) is 3. The van der Waals surface area contributed by atoms with Crippen LogP contribution in [0.1, 0.15) is 19.4 Å². The average Bonchev–Trinajstić information content (AvgIpc) is 2.82. The van der Waals surface area contributed by atoms with E-state index in [1.807, 2.05) is 30.3 Å². The lowest BCUT2D eigenvalue weighted by atomic mass is 9.88. The lowest BCUT2D eigenvalue weighted by Crippen LogP contribution is -2.29. The fourth-order valence-corrected chi connectivity index (χ4v) is 2.10. The number of rotatable bonds is 5. The number of anilines is 1. The molecule has 1 amide bonds. The van der Waals surface area contributed by atoms with Crippen molar-refractivity contribution in [3.05, 3.63) is 42.2 Å². The molecule has 0 aliphatic rings. The summed E-state index contributed by atoms with van der Waals surface area (Å²) >= 11 is 0. The van der Waals surface area contributed by atoms with E-state index in [0.29, 0.717) is 5.95 Å². The van der Waals surface area contributed by atoms with Crippen LogP contribution in [-0.2, 0) is 18.3 Å². The van der Waals surface area contributed by atoms with E-state index in [1.165, 1.54) is 5.56 Å². The molecule has 1 aromatic carbocycles. The van der Waals surface area contributed by atoms with Gasteiger partial charge in [-0.3, -0.25) is 10.1 Å². The van der Waals surface area contributed by atoms with Gasteiger partial charge in [0.05, 0.1) is 0 Å². The summed E-state index contributed by atoms with van der Waals surface area (Å²) in [5.74, 6) is 0.631. The maximum Gasteiger partial charge on any atom is 0.230 e. The molecule has 0 saturated heterocycles. The van der Waals surface area contributed by atoms with Gasteiger partial charge in [0.1, 0.15) is 6.33 Å². The monoisotopic (exact) mass is 272 g/mol. The zero-order valence-electron chi connectivity index (χ0n) is 12.1. The Morgan fingerprint density at radius 1 is 1.30 bits per heavy atom. The third-order valence-corrected chi connectivity index (χ3v) is 3.39. The number of nitrogens with one attached hydrogen (secondary N) is 1. The summed E-state index contributed by atoms with van der Waals surface area (Å²) in [7, 11) is 1.80. The van der Waals surface area contributed by atoms with Crippen molar-refractivity contribution in [2.45, 2.75) is 20.3 Å². The second-order valence-electron chi connectivity index (χ2n) is 5.29. The number of carbonyl (C=O) groups is 1. The smallest absolute Gasteiger partial charge is 0.230 e. The van der Waals surface area contributed by atoms with E-state index in [2.05, 4.69) is 29.4 Å². The molecule has 1 N–H and O–H groups in total. The minimum atomic E-state index is -0.0888. The molecule has 2 rings (SSSR count). The Balaban J connectivity index is 2.08. The van der Waals surface area contributed by atoms with Crippen molar-refractivity contribution in [2.24, 2.45) is 18.9 Å². The Kier molecular flexibility index (Phi) is 4.50. The van der Waals surface area contributed by atoms with Crippen molar-refractivity contribution in [1.82, 2.24) is 14.8 Å². The van der Waals surface area contributed by atoms with E-state index in [9.17, 15) is 4.79 Å². The van der Waals surface area contributed by atoms with Crippen LogP contribution in [0.3, 0.4) is 0 Å². The first kappa shape index (κ1) is 14.2. The van der Waals surface area contributed by atoms with Crippen LogP contribution in [0.25, 0.3) is 0 Å². The third kappa shape index (κ3) is 3.44. The van der Waals surface area contributed by atoms with Gasteiger partial charge < -0.3 is 4.57 Å². The SMILES string of the molecule is CC(C)C(Cc1ccccc1)C(=O)Nc1nncn1C. The van der Waals surface area contributed by atoms with Gasteiger partial charge in [0, 0.05) is 13.0 Å². The number of hydrogen-bond donors (Lipinski definition) is 1. The van der Waals surface area contributed by atoms with Crippen molar-refractivity contribution in [3.8, 4) is 0 Å². The quantitative estimate of drug-likeness (QED) is 0.908. The molecule has 2 aromatic rings. The minimum Gasteiger partial charge on any atom is -0.303 e. The predicted octanol–water partition coefficient (Wildman–Crippen LogP) is 2.27. The van der Waals surface area contributed by atoms with Crippen molar-refractivity contribution in [1.29, 1.82) is 0 Å². The van der Waals surface area contributed by atoms with E-state index in [-0.39, 0.29) is 17.7 Å². The van der Waals surface area contributed by atoms with E-state index >= 15 is 0 Å². The largest absolute Gasteiger partial charge is 0.303 e. The lowest BCUT2D eigenvalue weighted by Gasteiger charge is -2.20. The Morgan fingerprint density at radius 2 is 2.00 bits per heavy atom. The molecule has 20 heavy (non-hydrogen) atoms. The molecule has 0 aliphatic carbocycles. The maximum absolute atomic E-state index is 12.4. The molecule has 0 aliphatic heterocycles. The van der Waals surface area contributed by atoms with Crippen LogP contribution >= 0.6 is 0 Å². The fourth-order valence-electron chi connectivity index (χ4n) is 2.10. The summed E-state index contributed by atoms with van der Waals surface area (Å²) < 4.78 is 1.69. The maximum atomic E-state index is 12.4. The van der Waals surface area contributed by atoms with Crippen LogP contribution < -0.4 is 5.32 Å². The van der Waals surface area contributed by atoms with Gasteiger partial charge in [0.25, 0.3) is 0 Å². The minimum absolute atomic E-state index is 0.0139. The molecule has 1 aromatic heterocycles. The summed E-state index contributed by atoms with van der Waals surface area (Å²) in [5.41, 5.74) is 1.17. The summed E-state index contributed by atoms with van der Waals surface area (Å²) in [6.07, 6.45) is 2.29. The van der Waals surface area contributed by atoms with Gasteiger partial charge in [0.2, 0.25) is 11.9 Å². The summed E-state index contributed by atoms with van der Waals surface area (Å²) in [6, 6.07) is 10.1. The van der Waals surface area contributed by atoms with Crippen molar-refractivity contribution in [3.63, 3.8) is 0 Å². The summed E-state index contributed by atoms with van der Waals surface area (Å²) in [5, 5.41) is 10.5. The zero-order valence-corrected chi connectivity index (χ0v) is 12.1. The van der Waals surface area contributed by atoms with E-state index < -0.39 is 0 Å². The first-order chi connectivity index (χ1) is 9.58. The molecule has 0 spiro atoms. The fraction of sp³-hybridized carbons (Fsp3) is 0.400. The second kappa shape index (κ2) is 6.32. The van der Waals surface area contributed by atoms with Crippen LogP contribution in [0.15, 0.2) is 36.7 Å².